The fourth-order valence-electron chi connectivity index (χ4n) is 4.95. The molecule has 1 heterocycles. The second-order valence-electron chi connectivity index (χ2n) is 7.85. The maximum absolute atomic E-state index is 12.9. The summed E-state index contributed by atoms with van der Waals surface area (Å²) in [6.07, 6.45) is 6.95. The Hall–Kier alpha value is -2.43. The summed E-state index contributed by atoms with van der Waals surface area (Å²) >= 11 is 0. The Morgan fingerprint density at radius 3 is 1.96 bits per heavy atom. The monoisotopic (exact) mass is 366 g/mol. The number of allylic oxidation sites excluding steroid dienone is 2. The van der Waals surface area contributed by atoms with E-state index in [0.717, 1.165) is 32.4 Å². The second-order valence-corrected chi connectivity index (χ2v) is 7.85. The number of nitrogens with zero attached hydrogens (tertiary/aromatic N) is 2. The van der Waals surface area contributed by atoms with Crippen LogP contribution in [0.4, 0.5) is 5.69 Å². The number of carbonyl (C=O) groups is 3. The van der Waals surface area contributed by atoms with Gasteiger partial charge in [0.25, 0.3) is 5.91 Å². The molecule has 5 heteroatoms. The first-order valence-electron chi connectivity index (χ1n) is 10.0. The highest BCUT2D eigenvalue weighted by Crippen LogP contribution is 2.53. The van der Waals surface area contributed by atoms with Gasteiger partial charge in [0.15, 0.2) is 0 Å². The zero-order valence-electron chi connectivity index (χ0n) is 15.9. The fraction of sp³-hybridized carbons (Fsp3) is 0.500. The highest BCUT2D eigenvalue weighted by atomic mass is 16.2. The lowest BCUT2D eigenvalue weighted by Crippen LogP contribution is -2.33. The van der Waals surface area contributed by atoms with E-state index in [1.807, 2.05) is 4.90 Å². The average Bonchev–Trinajstić information content (AvgIpc) is 3.35. The van der Waals surface area contributed by atoms with Crippen LogP contribution in [-0.2, 0) is 9.59 Å². The minimum absolute atomic E-state index is 0.00318. The third kappa shape index (κ3) is 2.80. The van der Waals surface area contributed by atoms with Gasteiger partial charge in [-0.25, -0.2) is 0 Å². The Kier molecular flexibility index (Phi) is 4.62. The van der Waals surface area contributed by atoms with Gasteiger partial charge in [-0.05, 0) is 55.4 Å². The van der Waals surface area contributed by atoms with Crippen LogP contribution >= 0.6 is 0 Å². The first-order chi connectivity index (χ1) is 13.1. The van der Waals surface area contributed by atoms with E-state index in [2.05, 4.69) is 26.0 Å². The molecular weight excluding hydrogens is 340 g/mol. The Labute approximate surface area is 160 Å². The standard InChI is InChI=1S/C22H26N2O3/c1-3-11-23(12-4-2)20(25)14-7-9-17(10-8-14)24-21(26)18-15-5-6-16(13-15)19(18)22(24)27/h5-10,15-16,18-19H,3-4,11-13H2,1-2H3/t15-,16-,18+,19+/m0/s1. The minimum atomic E-state index is -0.196. The minimum Gasteiger partial charge on any atom is -0.339 e. The number of imide groups is 1. The Bertz CT molecular complexity index is 762. The molecule has 0 aromatic heterocycles. The van der Waals surface area contributed by atoms with Gasteiger partial charge in [-0.1, -0.05) is 26.0 Å². The van der Waals surface area contributed by atoms with Crippen molar-refractivity contribution < 1.29 is 14.4 Å². The third-order valence-electron chi connectivity index (χ3n) is 6.12. The Morgan fingerprint density at radius 2 is 1.48 bits per heavy atom. The SMILES string of the molecule is CCCN(CCC)C(=O)c1ccc(N2C(=O)[C@H]3[C@H](C2=O)[C@H]2C=C[C@H]3C2)cc1. The molecule has 5 nitrogen and oxygen atoms in total. The summed E-state index contributed by atoms with van der Waals surface area (Å²) in [6, 6.07) is 6.93. The predicted molar refractivity (Wildman–Crippen MR) is 103 cm³/mol. The van der Waals surface area contributed by atoms with Gasteiger partial charge >= 0.3 is 0 Å². The van der Waals surface area contributed by atoms with Gasteiger partial charge in [0.05, 0.1) is 17.5 Å². The summed E-state index contributed by atoms with van der Waals surface area (Å²) in [6.45, 7) is 5.58. The van der Waals surface area contributed by atoms with E-state index in [-0.39, 0.29) is 41.4 Å². The third-order valence-corrected chi connectivity index (χ3v) is 6.12. The van der Waals surface area contributed by atoms with Crippen molar-refractivity contribution in [2.45, 2.75) is 33.1 Å². The number of amides is 3. The van der Waals surface area contributed by atoms with Crippen LogP contribution in [0.2, 0.25) is 0 Å². The average molecular weight is 366 g/mol. The lowest BCUT2D eigenvalue weighted by atomic mass is 9.85. The summed E-state index contributed by atoms with van der Waals surface area (Å²) in [5.74, 6) is -0.141. The summed E-state index contributed by atoms with van der Waals surface area (Å²) in [5.41, 5.74) is 1.18. The van der Waals surface area contributed by atoms with Crippen molar-refractivity contribution in [2.75, 3.05) is 18.0 Å². The van der Waals surface area contributed by atoms with Crippen molar-refractivity contribution in [3.05, 3.63) is 42.0 Å². The van der Waals surface area contributed by atoms with Crippen molar-refractivity contribution in [2.24, 2.45) is 23.7 Å². The second kappa shape index (κ2) is 6.95. The van der Waals surface area contributed by atoms with E-state index < -0.39 is 0 Å². The molecule has 2 aliphatic carbocycles. The van der Waals surface area contributed by atoms with Crippen LogP contribution in [0.3, 0.4) is 0 Å². The first-order valence-corrected chi connectivity index (χ1v) is 10.0. The fourth-order valence-corrected chi connectivity index (χ4v) is 4.95. The Morgan fingerprint density at radius 1 is 0.963 bits per heavy atom. The summed E-state index contributed by atoms with van der Waals surface area (Å²) in [5, 5.41) is 0. The number of carbonyl (C=O) groups excluding carboxylic acids is 3. The molecule has 0 N–H and O–H groups in total. The highest BCUT2D eigenvalue weighted by molar-refractivity contribution is 6.22. The van der Waals surface area contributed by atoms with Crippen molar-refractivity contribution in [1.82, 2.24) is 4.90 Å². The molecule has 0 unspecified atom stereocenters. The number of fused-ring (bicyclic) bond motifs is 5. The van der Waals surface area contributed by atoms with Gasteiger partial charge in [0.2, 0.25) is 11.8 Å². The molecule has 0 spiro atoms. The maximum Gasteiger partial charge on any atom is 0.253 e. The predicted octanol–water partition coefficient (Wildman–Crippen LogP) is 3.26. The number of hydrogen-bond donors (Lipinski definition) is 0. The molecular formula is C22H26N2O3. The lowest BCUT2D eigenvalue weighted by molar-refractivity contribution is -0.123. The van der Waals surface area contributed by atoms with E-state index in [9.17, 15) is 14.4 Å². The molecule has 2 bridgehead atoms. The summed E-state index contributed by atoms with van der Waals surface area (Å²) < 4.78 is 0. The number of anilines is 1. The van der Waals surface area contributed by atoms with Crippen LogP contribution < -0.4 is 4.90 Å². The van der Waals surface area contributed by atoms with Crippen LogP contribution in [0, 0.1) is 23.7 Å². The maximum atomic E-state index is 12.9. The zero-order chi connectivity index (χ0) is 19.1. The van der Waals surface area contributed by atoms with Gasteiger partial charge < -0.3 is 4.90 Å². The summed E-state index contributed by atoms with van der Waals surface area (Å²) in [7, 11) is 0. The molecule has 2 fully saturated rings. The van der Waals surface area contributed by atoms with E-state index in [1.54, 1.807) is 24.3 Å². The zero-order valence-corrected chi connectivity index (χ0v) is 15.9. The molecule has 27 heavy (non-hydrogen) atoms. The van der Waals surface area contributed by atoms with E-state index in [0.29, 0.717) is 11.3 Å². The number of benzene rings is 1. The smallest absolute Gasteiger partial charge is 0.253 e. The van der Waals surface area contributed by atoms with Crippen molar-refractivity contribution in [3.8, 4) is 0 Å². The van der Waals surface area contributed by atoms with E-state index in [1.165, 1.54) is 4.90 Å². The number of hydrogen-bond acceptors (Lipinski definition) is 3. The van der Waals surface area contributed by atoms with Gasteiger partial charge in [0.1, 0.15) is 0 Å². The molecule has 0 radical (unpaired) electrons. The molecule has 3 aliphatic rings. The molecule has 1 aromatic carbocycles. The molecule has 1 saturated heterocycles. The van der Waals surface area contributed by atoms with Crippen LogP contribution in [-0.4, -0.2) is 35.7 Å². The van der Waals surface area contributed by atoms with Crippen LogP contribution in [0.15, 0.2) is 36.4 Å². The lowest BCUT2D eigenvalue weighted by Gasteiger charge is -2.22. The van der Waals surface area contributed by atoms with E-state index >= 15 is 0 Å². The van der Waals surface area contributed by atoms with Gasteiger partial charge in [-0.15, -0.1) is 0 Å². The largest absolute Gasteiger partial charge is 0.339 e. The van der Waals surface area contributed by atoms with Crippen LogP contribution in [0.25, 0.3) is 0 Å². The molecule has 1 saturated carbocycles. The van der Waals surface area contributed by atoms with Gasteiger partial charge in [0, 0.05) is 18.7 Å². The highest BCUT2D eigenvalue weighted by Gasteiger charge is 2.59. The Balaban J connectivity index is 1.54. The molecule has 4 rings (SSSR count). The summed E-state index contributed by atoms with van der Waals surface area (Å²) in [4.78, 5) is 41.7. The quantitative estimate of drug-likeness (QED) is 0.574. The first kappa shape index (κ1) is 18.0. The van der Waals surface area contributed by atoms with Gasteiger partial charge in [-0.2, -0.15) is 0 Å². The molecule has 3 amide bonds. The number of rotatable bonds is 6. The van der Waals surface area contributed by atoms with Crippen LogP contribution in [0.1, 0.15) is 43.5 Å². The molecule has 142 valence electrons. The normalized spacial score (nSPS) is 28.1. The molecule has 1 aromatic rings. The topological polar surface area (TPSA) is 57.7 Å². The van der Waals surface area contributed by atoms with Gasteiger partial charge in [-0.3, -0.25) is 19.3 Å². The van der Waals surface area contributed by atoms with Crippen LogP contribution in [0.5, 0.6) is 0 Å². The van der Waals surface area contributed by atoms with Crippen molar-refractivity contribution in [3.63, 3.8) is 0 Å². The van der Waals surface area contributed by atoms with Crippen molar-refractivity contribution in [1.29, 1.82) is 0 Å². The molecule has 1 aliphatic heterocycles. The molecule has 4 atom stereocenters. The van der Waals surface area contributed by atoms with E-state index in [4.69, 9.17) is 0 Å². The van der Waals surface area contributed by atoms with Crippen molar-refractivity contribution >= 4 is 23.4 Å².